The van der Waals surface area contributed by atoms with Crippen LogP contribution < -0.4 is 5.32 Å². The van der Waals surface area contributed by atoms with E-state index < -0.39 is 0 Å². The number of aliphatic hydroxyl groups excluding tert-OH is 1. The molecule has 3 heterocycles. The van der Waals surface area contributed by atoms with E-state index in [0.29, 0.717) is 0 Å². The summed E-state index contributed by atoms with van der Waals surface area (Å²) in [5.74, 6) is 0.798. The molecule has 0 radical (unpaired) electrons. The normalized spacial score (nSPS) is 11.5. The number of nitrogens with one attached hydrogen (secondary N) is 1. The number of imidazole rings is 1. The van der Waals surface area contributed by atoms with Gasteiger partial charge in [-0.05, 0) is 25.8 Å². The maximum Gasteiger partial charge on any atom is 0.181 e. The number of anilines is 1. The number of nitrogens with zero attached hydrogens (tertiary/aromatic N) is 3. The molecule has 2 N–H and O–H groups in total. The third-order valence-corrected chi connectivity index (χ3v) is 4.32. The van der Waals surface area contributed by atoms with E-state index in [0.717, 1.165) is 40.3 Å². The van der Waals surface area contributed by atoms with Gasteiger partial charge in [0.2, 0.25) is 0 Å². The number of aliphatic hydroxyl groups is 1. The molecule has 19 heavy (non-hydrogen) atoms. The average Bonchev–Trinajstić information content (AvgIpc) is 2.98. The van der Waals surface area contributed by atoms with Crippen molar-refractivity contribution in [1.29, 1.82) is 0 Å². The molecule has 0 amide bonds. The molecule has 0 spiro atoms. The minimum atomic E-state index is 0.225. The topological polar surface area (TPSA) is 62.5 Å². The molecule has 3 rings (SSSR count). The minimum Gasteiger partial charge on any atom is -0.396 e. The molecule has 100 valence electrons. The molecule has 5 nitrogen and oxygen atoms in total. The molecule has 0 aliphatic heterocycles. The second-order valence-electron chi connectivity index (χ2n) is 4.50. The molecule has 0 atom stereocenters. The van der Waals surface area contributed by atoms with Crippen LogP contribution in [0.3, 0.4) is 0 Å². The Bertz CT molecular complexity index is 731. The lowest BCUT2D eigenvalue weighted by atomic mass is 10.3. The Hall–Kier alpha value is -1.66. The Morgan fingerprint density at radius 1 is 1.47 bits per heavy atom. The van der Waals surface area contributed by atoms with Gasteiger partial charge in [0.15, 0.2) is 11.5 Å². The summed E-state index contributed by atoms with van der Waals surface area (Å²) in [6.07, 6.45) is 3.55. The highest BCUT2D eigenvalue weighted by Crippen LogP contribution is 2.29. The zero-order valence-corrected chi connectivity index (χ0v) is 11.8. The van der Waals surface area contributed by atoms with Crippen molar-refractivity contribution in [3.05, 3.63) is 22.8 Å². The van der Waals surface area contributed by atoms with Gasteiger partial charge in [-0.15, -0.1) is 11.3 Å². The van der Waals surface area contributed by atoms with Crippen LogP contribution in [0, 0.1) is 6.92 Å². The zero-order valence-electron chi connectivity index (χ0n) is 11.0. The van der Waals surface area contributed by atoms with Crippen molar-refractivity contribution in [3.8, 4) is 0 Å². The van der Waals surface area contributed by atoms with Gasteiger partial charge in [0.05, 0.1) is 0 Å². The highest BCUT2D eigenvalue weighted by molar-refractivity contribution is 7.18. The Morgan fingerprint density at radius 2 is 2.32 bits per heavy atom. The Kier molecular flexibility index (Phi) is 3.12. The lowest BCUT2D eigenvalue weighted by Crippen LogP contribution is -1.98. The second kappa shape index (κ2) is 4.79. The smallest absolute Gasteiger partial charge is 0.181 e. The first kappa shape index (κ1) is 12.4. The van der Waals surface area contributed by atoms with Crippen LogP contribution in [0.25, 0.3) is 16.0 Å². The first-order valence-corrected chi connectivity index (χ1v) is 7.11. The fourth-order valence-electron chi connectivity index (χ4n) is 2.24. The molecular weight excluding hydrogens is 260 g/mol. The molecule has 3 aromatic heterocycles. The van der Waals surface area contributed by atoms with Gasteiger partial charge >= 0.3 is 0 Å². The van der Waals surface area contributed by atoms with Crippen molar-refractivity contribution in [2.45, 2.75) is 19.8 Å². The molecular formula is C13H16N4OS. The standard InChI is InChI=1S/C13H16N4OS/c1-8-7-15-12-11(14-2)16-10-6-9(4-3-5-18)19-13(10)17(8)12/h6-7,18H,3-5H2,1-2H3,(H,14,16). The summed E-state index contributed by atoms with van der Waals surface area (Å²) in [6, 6.07) is 2.11. The van der Waals surface area contributed by atoms with Gasteiger partial charge in [-0.3, -0.25) is 4.40 Å². The fraction of sp³-hybridized carbons (Fsp3) is 0.385. The van der Waals surface area contributed by atoms with Gasteiger partial charge in [-0.1, -0.05) is 0 Å². The van der Waals surface area contributed by atoms with Gasteiger partial charge in [-0.25, -0.2) is 9.97 Å². The summed E-state index contributed by atoms with van der Waals surface area (Å²) in [4.78, 5) is 11.4. The van der Waals surface area contributed by atoms with Crippen molar-refractivity contribution in [2.75, 3.05) is 19.0 Å². The van der Waals surface area contributed by atoms with Crippen molar-refractivity contribution >= 4 is 33.1 Å². The Labute approximate surface area is 114 Å². The SMILES string of the molecule is CNc1nc2cc(CCCO)sc2n2c(C)cnc12. The quantitative estimate of drug-likeness (QED) is 0.767. The summed E-state index contributed by atoms with van der Waals surface area (Å²) >= 11 is 1.73. The molecule has 6 heteroatoms. The Morgan fingerprint density at radius 3 is 3.05 bits per heavy atom. The van der Waals surface area contributed by atoms with Crippen LogP contribution in [0.4, 0.5) is 5.82 Å². The lowest BCUT2D eigenvalue weighted by Gasteiger charge is -2.04. The van der Waals surface area contributed by atoms with Crippen LogP contribution in [0.2, 0.25) is 0 Å². The van der Waals surface area contributed by atoms with Gasteiger partial charge in [0, 0.05) is 30.4 Å². The predicted octanol–water partition coefficient (Wildman–Crippen LogP) is 2.22. The number of hydrogen-bond acceptors (Lipinski definition) is 5. The molecule has 0 saturated carbocycles. The zero-order chi connectivity index (χ0) is 13.4. The number of hydrogen-bond donors (Lipinski definition) is 2. The van der Waals surface area contributed by atoms with E-state index in [1.54, 1.807) is 11.3 Å². The maximum atomic E-state index is 8.93. The van der Waals surface area contributed by atoms with Crippen LogP contribution in [0.1, 0.15) is 17.0 Å². The Balaban J connectivity index is 2.25. The van der Waals surface area contributed by atoms with Crippen LogP contribution in [-0.2, 0) is 6.42 Å². The summed E-state index contributed by atoms with van der Waals surface area (Å²) < 4.78 is 2.14. The van der Waals surface area contributed by atoms with Gasteiger partial charge < -0.3 is 10.4 Å². The monoisotopic (exact) mass is 276 g/mol. The van der Waals surface area contributed by atoms with Gasteiger partial charge in [-0.2, -0.15) is 0 Å². The predicted molar refractivity (Wildman–Crippen MR) is 78.1 cm³/mol. The van der Waals surface area contributed by atoms with Crippen LogP contribution >= 0.6 is 11.3 Å². The lowest BCUT2D eigenvalue weighted by molar-refractivity contribution is 0.289. The number of fused-ring (bicyclic) bond motifs is 3. The third-order valence-electron chi connectivity index (χ3n) is 3.15. The molecule has 0 unspecified atom stereocenters. The molecule has 0 aliphatic rings. The second-order valence-corrected chi connectivity index (χ2v) is 5.61. The number of aromatic nitrogens is 3. The van der Waals surface area contributed by atoms with Gasteiger partial charge in [0.25, 0.3) is 0 Å². The fourth-order valence-corrected chi connectivity index (χ4v) is 3.43. The molecule has 0 aromatic carbocycles. The maximum absolute atomic E-state index is 8.93. The van der Waals surface area contributed by atoms with E-state index in [2.05, 4.69) is 25.8 Å². The summed E-state index contributed by atoms with van der Waals surface area (Å²) in [5, 5.41) is 12.0. The largest absolute Gasteiger partial charge is 0.396 e. The van der Waals surface area contributed by atoms with E-state index in [1.807, 2.05) is 20.2 Å². The van der Waals surface area contributed by atoms with E-state index in [1.165, 1.54) is 4.88 Å². The summed E-state index contributed by atoms with van der Waals surface area (Å²) in [7, 11) is 1.86. The first-order chi connectivity index (χ1) is 9.24. The first-order valence-electron chi connectivity index (χ1n) is 6.29. The molecule has 0 fully saturated rings. The van der Waals surface area contributed by atoms with Gasteiger partial charge in [0.1, 0.15) is 10.3 Å². The summed E-state index contributed by atoms with van der Waals surface area (Å²) in [5.41, 5.74) is 2.95. The van der Waals surface area contributed by atoms with E-state index in [9.17, 15) is 0 Å². The molecule has 0 bridgehead atoms. The number of aryl methyl sites for hydroxylation is 2. The van der Waals surface area contributed by atoms with Crippen LogP contribution in [0.15, 0.2) is 12.3 Å². The van der Waals surface area contributed by atoms with Crippen LogP contribution in [0.5, 0.6) is 0 Å². The average molecular weight is 276 g/mol. The van der Waals surface area contributed by atoms with Crippen LogP contribution in [-0.4, -0.2) is 33.1 Å². The molecule has 3 aromatic rings. The highest BCUT2D eigenvalue weighted by Gasteiger charge is 2.13. The molecule has 0 saturated heterocycles. The van der Waals surface area contributed by atoms with Crippen molar-refractivity contribution < 1.29 is 5.11 Å². The van der Waals surface area contributed by atoms with Crippen molar-refractivity contribution in [3.63, 3.8) is 0 Å². The third kappa shape index (κ3) is 1.97. The number of rotatable bonds is 4. The highest BCUT2D eigenvalue weighted by atomic mass is 32.1. The van der Waals surface area contributed by atoms with Crippen molar-refractivity contribution in [1.82, 2.24) is 14.4 Å². The van der Waals surface area contributed by atoms with Crippen molar-refractivity contribution in [2.24, 2.45) is 0 Å². The van der Waals surface area contributed by atoms with E-state index in [4.69, 9.17) is 5.11 Å². The summed E-state index contributed by atoms with van der Waals surface area (Å²) in [6.45, 7) is 2.27. The van der Waals surface area contributed by atoms with E-state index in [-0.39, 0.29) is 6.61 Å². The van der Waals surface area contributed by atoms with E-state index >= 15 is 0 Å². The number of thiophene rings is 1. The molecule has 0 aliphatic carbocycles. The minimum absolute atomic E-state index is 0.225.